The van der Waals surface area contributed by atoms with Crippen LogP contribution in [0.1, 0.15) is 18.9 Å². The molecule has 13 heteroatoms. The Morgan fingerprint density at radius 3 is 2.27 bits per heavy atom. The van der Waals surface area contributed by atoms with E-state index in [1.165, 1.54) is 28.6 Å². The second-order valence-corrected chi connectivity index (χ2v) is 11.4. The Bertz CT molecular complexity index is 1360. The number of para-hydroxylation sites is 1. The molecule has 1 aromatic heterocycles. The van der Waals surface area contributed by atoms with Crippen LogP contribution in [0.5, 0.6) is 0 Å². The number of anilines is 1. The summed E-state index contributed by atoms with van der Waals surface area (Å²) in [5.41, 5.74) is 0.892. The lowest BCUT2D eigenvalue weighted by Crippen LogP contribution is -2.40. The van der Waals surface area contributed by atoms with Crippen LogP contribution >= 0.6 is 0 Å². The van der Waals surface area contributed by atoms with E-state index in [4.69, 9.17) is 4.74 Å². The van der Waals surface area contributed by atoms with Crippen LogP contribution in [0.4, 0.5) is 5.69 Å². The first-order valence-corrected chi connectivity index (χ1v) is 13.4. The zero-order valence-corrected chi connectivity index (χ0v) is 19.2. The van der Waals surface area contributed by atoms with Crippen LogP contribution in [0.3, 0.4) is 0 Å². The summed E-state index contributed by atoms with van der Waals surface area (Å²) < 4.78 is 62.6. The third-order valence-corrected chi connectivity index (χ3v) is 8.83. The van der Waals surface area contributed by atoms with Crippen molar-refractivity contribution in [3.8, 4) is 11.4 Å². The van der Waals surface area contributed by atoms with Gasteiger partial charge in [-0.15, -0.1) is 5.10 Å². The van der Waals surface area contributed by atoms with Crippen molar-refractivity contribution in [2.24, 2.45) is 0 Å². The molecular formula is C20H22N6O5S2. The van der Waals surface area contributed by atoms with E-state index in [1.807, 2.05) is 0 Å². The number of benzene rings is 2. The largest absolute Gasteiger partial charge is 0.379 e. The van der Waals surface area contributed by atoms with E-state index in [0.29, 0.717) is 30.3 Å². The minimum absolute atomic E-state index is 0.0346. The van der Waals surface area contributed by atoms with Crippen LogP contribution in [-0.2, 0) is 24.8 Å². The van der Waals surface area contributed by atoms with Gasteiger partial charge in [-0.1, -0.05) is 12.1 Å². The Kier molecular flexibility index (Phi) is 5.64. The summed E-state index contributed by atoms with van der Waals surface area (Å²) in [7, 11) is -7.70. The highest BCUT2D eigenvalue weighted by Crippen LogP contribution is 2.38. The molecule has 3 aromatic rings. The second-order valence-electron chi connectivity index (χ2n) is 7.82. The molecule has 0 radical (unpaired) electrons. The molecule has 2 fully saturated rings. The van der Waals surface area contributed by atoms with Crippen molar-refractivity contribution in [3.63, 3.8) is 0 Å². The van der Waals surface area contributed by atoms with Crippen LogP contribution in [-0.4, -0.2) is 67.7 Å². The van der Waals surface area contributed by atoms with E-state index >= 15 is 0 Å². The molecule has 0 amide bonds. The van der Waals surface area contributed by atoms with Gasteiger partial charge in [0.25, 0.3) is 10.0 Å². The fourth-order valence-electron chi connectivity index (χ4n) is 3.63. The van der Waals surface area contributed by atoms with Gasteiger partial charge in [-0.2, -0.15) is 4.31 Å². The van der Waals surface area contributed by atoms with Crippen molar-refractivity contribution >= 4 is 25.7 Å². The SMILES string of the molecule is O=S(=O)(Nc1ccccc1-c1nnnn1C1CC1)c1ccc(S(=O)(=O)N2CCOCC2)cc1. The molecule has 2 aromatic carbocycles. The number of hydrogen-bond acceptors (Lipinski definition) is 8. The number of aromatic nitrogens is 4. The number of nitrogens with zero attached hydrogens (tertiary/aromatic N) is 5. The smallest absolute Gasteiger partial charge is 0.261 e. The Morgan fingerprint density at radius 2 is 1.58 bits per heavy atom. The molecule has 174 valence electrons. The fourth-order valence-corrected chi connectivity index (χ4v) is 6.12. The molecule has 1 aliphatic heterocycles. The highest BCUT2D eigenvalue weighted by Gasteiger charge is 2.30. The summed E-state index contributed by atoms with van der Waals surface area (Å²) in [4.78, 5) is -0.0209. The molecule has 2 heterocycles. The molecule has 1 saturated carbocycles. The van der Waals surface area contributed by atoms with Gasteiger partial charge in [0.15, 0.2) is 5.82 Å². The number of tetrazole rings is 1. The van der Waals surface area contributed by atoms with E-state index in [0.717, 1.165) is 12.8 Å². The number of nitrogens with one attached hydrogen (secondary N) is 1. The molecule has 11 nitrogen and oxygen atoms in total. The molecule has 1 aliphatic carbocycles. The standard InChI is InChI=1S/C20H22N6O5S2/c27-32(28,16-7-9-17(10-8-16)33(29,30)25-11-13-31-14-12-25)22-19-4-2-1-3-18(19)20-21-23-24-26(20)15-5-6-15/h1-4,7-10,15,22H,5-6,11-14H2. The Hall–Kier alpha value is -2.87. The van der Waals surface area contributed by atoms with Crippen molar-refractivity contribution in [1.82, 2.24) is 24.5 Å². The highest BCUT2D eigenvalue weighted by molar-refractivity contribution is 7.92. The van der Waals surface area contributed by atoms with Crippen molar-refractivity contribution in [2.45, 2.75) is 28.7 Å². The average molecular weight is 491 g/mol. The molecule has 0 atom stereocenters. The topological polar surface area (TPSA) is 136 Å². The molecule has 0 bridgehead atoms. The van der Waals surface area contributed by atoms with E-state index in [-0.39, 0.29) is 28.9 Å². The summed E-state index contributed by atoms with van der Waals surface area (Å²) in [6.07, 6.45) is 1.96. The van der Waals surface area contributed by atoms with E-state index in [9.17, 15) is 16.8 Å². The van der Waals surface area contributed by atoms with Gasteiger partial charge in [-0.3, -0.25) is 4.72 Å². The van der Waals surface area contributed by atoms with Crippen LogP contribution in [0, 0.1) is 0 Å². The number of rotatable bonds is 7. The maximum absolute atomic E-state index is 13.1. The van der Waals surface area contributed by atoms with Gasteiger partial charge < -0.3 is 4.74 Å². The maximum atomic E-state index is 13.1. The van der Waals surface area contributed by atoms with Gasteiger partial charge in [0.1, 0.15) is 0 Å². The lowest BCUT2D eigenvalue weighted by Gasteiger charge is -2.26. The normalized spacial score (nSPS) is 17.7. The van der Waals surface area contributed by atoms with Gasteiger partial charge in [-0.05, 0) is 59.7 Å². The van der Waals surface area contributed by atoms with Crippen LogP contribution < -0.4 is 4.72 Å². The molecule has 5 rings (SSSR count). The van der Waals surface area contributed by atoms with Gasteiger partial charge in [-0.25, -0.2) is 21.5 Å². The lowest BCUT2D eigenvalue weighted by atomic mass is 10.1. The Balaban J connectivity index is 1.41. The van der Waals surface area contributed by atoms with E-state index in [1.54, 1.807) is 28.9 Å². The van der Waals surface area contributed by atoms with Crippen LogP contribution in [0.25, 0.3) is 11.4 Å². The summed E-state index contributed by atoms with van der Waals surface area (Å²) in [5.74, 6) is 0.489. The number of ether oxygens (including phenoxy) is 1. The summed E-state index contributed by atoms with van der Waals surface area (Å²) in [6, 6.07) is 12.3. The molecular weight excluding hydrogens is 468 g/mol. The second kappa shape index (κ2) is 8.48. The lowest BCUT2D eigenvalue weighted by molar-refractivity contribution is 0.0730. The van der Waals surface area contributed by atoms with Gasteiger partial charge in [0, 0.05) is 18.7 Å². The van der Waals surface area contributed by atoms with Crippen LogP contribution in [0.15, 0.2) is 58.3 Å². The minimum atomic E-state index is -3.99. The maximum Gasteiger partial charge on any atom is 0.261 e. The quantitative estimate of drug-likeness (QED) is 0.526. The fraction of sp³-hybridized carbons (Fsp3) is 0.350. The Labute approximate surface area is 191 Å². The van der Waals surface area contributed by atoms with Crippen LogP contribution in [0.2, 0.25) is 0 Å². The van der Waals surface area contributed by atoms with E-state index in [2.05, 4.69) is 20.2 Å². The van der Waals surface area contributed by atoms with Gasteiger partial charge in [0.05, 0.1) is 34.7 Å². The number of sulfonamides is 2. The summed E-state index contributed by atoms with van der Waals surface area (Å²) >= 11 is 0. The summed E-state index contributed by atoms with van der Waals surface area (Å²) in [6.45, 7) is 1.19. The molecule has 2 aliphatic rings. The average Bonchev–Trinajstić information content (AvgIpc) is 3.56. The predicted octanol–water partition coefficient (Wildman–Crippen LogP) is 1.50. The molecule has 1 N–H and O–H groups in total. The molecule has 33 heavy (non-hydrogen) atoms. The molecule has 1 saturated heterocycles. The first-order valence-electron chi connectivity index (χ1n) is 10.4. The number of hydrogen-bond donors (Lipinski definition) is 1. The molecule has 0 unspecified atom stereocenters. The third kappa shape index (κ3) is 4.36. The molecule has 0 spiro atoms. The predicted molar refractivity (Wildman–Crippen MR) is 118 cm³/mol. The first-order chi connectivity index (χ1) is 15.9. The van der Waals surface area contributed by atoms with E-state index < -0.39 is 20.0 Å². The first kappa shape index (κ1) is 21.9. The zero-order chi connectivity index (χ0) is 23.1. The highest BCUT2D eigenvalue weighted by atomic mass is 32.2. The van der Waals surface area contributed by atoms with Crippen molar-refractivity contribution < 1.29 is 21.6 Å². The van der Waals surface area contributed by atoms with Gasteiger partial charge >= 0.3 is 0 Å². The zero-order valence-electron chi connectivity index (χ0n) is 17.5. The Morgan fingerprint density at radius 1 is 0.909 bits per heavy atom. The minimum Gasteiger partial charge on any atom is -0.379 e. The number of morpholine rings is 1. The third-order valence-electron chi connectivity index (χ3n) is 5.54. The van der Waals surface area contributed by atoms with Crippen molar-refractivity contribution in [2.75, 3.05) is 31.0 Å². The monoisotopic (exact) mass is 490 g/mol. The van der Waals surface area contributed by atoms with Gasteiger partial charge in [0.2, 0.25) is 10.0 Å². The van der Waals surface area contributed by atoms with Crippen molar-refractivity contribution in [3.05, 3.63) is 48.5 Å². The van der Waals surface area contributed by atoms with Crippen molar-refractivity contribution in [1.29, 1.82) is 0 Å². The summed E-state index contributed by atoms with van der Waals surface area (Å²) in [5, 5.41) is 11.9.